The Balaban J connectivity index is 2.48. The zero-order valence-electron chi connectivity index (χ0n) is 21.1. The highest BCUT2D eigenvalue weighted by Gasteiger charge is 2.31. The molecule has 1 aromatic carbocycles. The molecule has 2 nitrogen and oxygen atoms in total. The molecule has 0 fully saturated rings. The van der Waals surface area contributed by atoms with E-state index in [1.165, 1.54) is 63.2 Å². The molecule has 0 saturated heterocycles. The van der Waals surface area contributed by atoms with E-state index in [4.69, 9.17) is 9.47 Å². The molecule has 186 valence electrons. The van der Waals surface area contributed by atoms with E-state index in [0.717, 1.165) is 56.8 Å². The fourth-order valence-electron chi connectivity index (χ4n) is 4.61. The lowest BCUT2D eigenvalue weighted by Gasteiger charge is -2.33. The fraction of sp³-hybridized carbons (Fsp3) is 0.655. The van der Waals surface area contributed by atoms with Crippen molar-refractivity contribution in [1.29, 1.82) is 0 Å². The van der Waals surface area contributed by atoms with Crippen LogP contribution in [0, 0.1) is 5.92 Å². The largest absolute Gasteiger partial charge is 0.493 e. The van der Waals surface area contributed by atoms with Crippen molar-refractivity contribution in [3.63, 3.8) is 0 Å². The molecule has 0 unspecified atom stereocenters. The molecule has 0 saturated carbocycles. The van der Waals surface area contributed by atoms with Gasteiger partial charge in [-0.25, -0.2) is 0 Å². The minimum atomic E-state index is 0.278. The Morgan fingerprint density at radius 1 is 0.970 bits per heavy atom. The second-order valence-corrected chi connectivity index (χ2v) is 11.6. The lowest BCUT2D eigenvalue weighted by Crippen LogP contribution is -2.19. The number of rotatable bonds is 16. The number of alkyl halides is 2. The Morgan fingerprint density at radius 2 is 1.58 bits per heavy atom. The molecule has 0 aliphatic heterocycles. The van der Waals surface area contributed by atoms with Gasteiger partial charge in [-0.1, -0.05) is 88.7 Å². The number of hydrogen-bond donors (Lipinski definition) is 0. The number of aryl methyl sites for hydroxylation is 1. The van der Waals surface area contributed by atoms with Gasteiger partial charge in [0.05, 0.1) is 13.2 Å². The normalized spacial score (nSPS) is 18.2. The molecule has 0 heterocycles. The summed E-state index contributed by atoms with van der Waals surface area (Å²) in [6.45, 7) is 12.6. The van der Waals surface area contributed by atoms with E-state index < -0.39 is 0 Å². The van der Waals surface area contributed by atoms with Crippen LogP contribution < -0.4 is 9.47 Å². The highest BCUT2D eigenvalue weighted by atomic mass is 127. The molecule has 4 heteroatoms. The average Bonchev–Trinajstić information content (AvgIpc) is 2.79. The summed E-state index contributed by atoms with van der Waals surface area (Å²) >= 11 is 4.91. The summed E-state index contributed by atoms with van der Waals surface area (Å²) < 4.78 is 15.4. The number of hydrogen-bond acceptors (Lipinski definition) is 2. The maximum absolute atomic E-state index is 6.53. The molecule has 33 heavy (non-hydrogen) atoms. The van der Waals surface area contributed by atoms with Crippen molar-refractivity contribution in [1.82, 2.24) is 0 Å². The van der Waals surface area contributed by atoms with Crippen LogP contribution in [0.15, 0.2) is 35.9 Å². The minimum absolute atomic E-state index is 0.278. The maximum atomic E-state index is 6.53. The molecule has 0 bridgehead atoms. The Labute approximate surface area is 230 Å². The van der Waals surface area contributed by atoms with Gasteiger partial charge in [0.1, 0.15) is 11.5 Å². The first-order chi connectivity index (χ1) is 16.0. The highest BCUT2D eigenvalue weighted by molar-refractivity contribution is 14.1. The van der Waals surface area contributed by atoms with Crippen LogP contribution in [0.2, 0.25) is 0 Å². The fourth-order valence-corrected chi connectivity index (χ4v) is 5.69. The Bertz CT molecular complexity index is 723. The van der Waals surface area contributed by atoms with Gasteiger partial charge >= 0.3 is 0 Å². The van der Waals surface area contributed by atoms with Crippen LogP contribution in [0.3, 0.4) is 0 Å². The summed E-state index contributed by atoms with van der Waals surface area (Å²) in [5.74, 6) is 2.81. The number of ether oxygens (including phenoxy) is 2. The predicted octanol–water partition coefficient (Wildman–Crippen LogP) is 9.62. The minimum Gasteiger partial charge on any atom is -0.493 e. The van der Waals surface area contributed by atoms with E-state index in [0.29, 0.717) is 5.92 Å². The third kappa shape index (κ3) is 9.73. The molecule has 1 aliphatic carbocycles. The second kappa shape index (κ2) is 16.4. The van der Waals surface area contributed by atoms with Crippen molar-refractivity contribution in [3.8, 4) is 11.5 Å². The summed E-state index contributed by atoms with van der Waals surface area (Å²) in [5.41, 5.74) is 5.34. The number of unbranched alkanes of at least 4 members (excludes halogenated alkanes) is 4. The second-order valence-electron chi connectivity index (χ2n) is 9.48. The van der Waals surface area contributed by atoms with Crippen LogP contribution in [-0.2, 0) is 6.42 Å². The molecule has 0 amide bonds. The van der Waals surface area contributed by atoms with Gasteiger partial charge in [0.2, 0.25) is 0 Å². The van der Waals surface area contributed by atoms with Gasteiger partial charge in [-0.15, -0.1) is 0 Å². The lowest BCUT2D eigenvalue weighted by molar-refractivity contribution is 0.282. The molecule has 0 N–H and O–H groups in total. The average molecular weight is 678 g/mol. The van der Waals surface area contributed by atoms with Crippen molar-refractivity contribution in [2.75, 3.05) is 22.1 Å². The topological polar surface area (TPSA) is 18.5 Å². The van der Waals surface area contributed by atoms with Crippen LogP contribution in [0.4, 0.5) is 0 Å². The standard InChI is InChI=1S/C29H44I2O2/c1-5-6-7-12-24-20-27(32-17-10-8-15-30)29(28(21-24)33-18-11-9-16-31)26-19-23(4)13-14-25(26)22(2)3/h19-21,25-26H,2,5-18H2,1,3-4H3/t25-,26+/m0/s1. The van der Waals surface area contributed by atoms with Crippen molar-refractivity contribution in [2.45, 2.75) is 90.9 Å². The predicted molar refractivity (Wildman–Crippen MR) is 161 cm³/mol. The first kappa shape index (κ1) is 29.0. The van der Waals surface area contributed by atoms with Gasteiger partial charge in [0, 0.05) is 11.5 Å². The molecule has 2 atom stereocenters. The summed E-state index contributed by atoms with van der Waals surface area (Å²) in [6, 6.07) is 4.64. The molecule has 1 aromatic rings. The quantitative estimate of drug-likeness (QED) is 0.0751. The van der Waals surface area contributed by atoms with Crippen molar-refractivity contribution < 1.29 is 9.47 Å². The molecule has 1 aliphatic rings. The lowest BCUT2D eigenvalue weighted by atomic mass is 9.73. The molecule has 0 spiro atoms. The third-order valence-electron chi connectivity index (χ3n) is 6.52. The van der Waals surface area contributed by atoms with Crippen LogP contribution in [-0.4, -0.2) is 22.1 Å². The van der Waals surface area contributed by atoms with E-state index >= 15 is 0 Å². The Morgan fingerprint density at radius 3 is 2.09 bits per heavy atom. The monoisotopic (exact) mass is 678 g/mol. The van der Waals surface area contributed by atoms with E-state index in [9.17, 15) is 0 Å². The Kier molecular flexibility index (Phi) is 14.4. The van der Waals surface area contributed by atoms with Gasteiger partial charge < -0.3 is 9.47 Å². The van der Waals surface area contributed by atoms with Crippen LogP contribution in [0.5, 0.6) is 11.5 Å². The first-order valence-electron chi connectivity index (χ1n) is 12.9. The van der Waals surface area contributed by atoms with E-state index in [1.807, 2.05) is 0 Å². The summed E-state index contributed by atoms with van der Waals surface area (Å²) in [4.78, 5) is 0. The highest BCUT2D eigenvalue weighted by Crippen LogP contribution is 2.47. The van der Waals surface area contributed by atoms with Crippen molar-refractivity contribution in [3.05, 3.63) is 47.1 Å². The summed E-state index contributed by atoms with van der Waals surface area (Å²) in [5, 5.41) is 0. The molecule has 0 aromatic heterocycles. The smallest absolute Gasteiger partial charge is 0.127 e. The van der Waals surface area contributed by atoms with Gasteiger partial charge in [0.25, 0.3) is 0 Å². The van der Waals surface area contributed by atoms with Crippen molar-refractivity contribution in [2.24, 2.45) is 5.92 Å². The van der Waals surface area contributed by atoms with Crippen LogP contribution in [0.1, 0.15) is 95.6 Å². The zero-order chi connectivity index (χ0) is 24.1. The SMILES string of the molecule is C=C(C)[C@@H]1CCC(C)=C[C@H]1c1c(OCCCCI)cc(CCCCC)cc1OCCCCI. The summed E-state index contributed by atoms with van der Waals surface area (Å²) in [6.07, 6.45) is 14.2. The molecular weight excluding hydrogens is 634 g/mol. The first-order valence-corrected chi connectivity index (χ1v) is 15.9. The summed E-state index contributed by atoms with van der Waals surface area (Å²) in [7, 11) is 0. The molecule has 2 rings (SSSR count). The van der Waals surface area contributed by atoms with E-state index in [2.05, 4.69) is 90.7 Å². The van der Waals surface area contributed by atoms with Crippen molar-refractivity contribution >= 4 is 45.2 Å². The van der Waals surface area contributed by atoms with Gasteiger partial charge in [0.15, 0.2) is 0 Å². The van der Waals surface area contributed by atoms with Crippen LogP contribution in [0.25, 0.3) is 0 Å². The van der Waals surface area contributed by atoms with Gasteiger partial charge in [-0.05, 0) is 97.7 Å². The van der Waals surface area contributed by atoms with Gasteiger partial charge in [-0.3, -0.25) is 0 Å². The van der Waals surface area contributed by atoms with Gasteiger partial charge in [-0.2, -0.15) is 0 Å². The molecular formula is C29H44I2O2. The molecule has 0 radical (unpaired) electrons. The third-order valence-corrected chi connectivity index (χ3v) is 8.04. The number of benzene rings is 1. The van der Waals surface area contributed by atoms with E-state index in [1.54, 1.807) is 0 Å². The number of halogens is 2. The van der Waals surface area contributed by atoms with Crippen LogP contribution >= 0.6 is 45.2 Å². The van der Waals surface area contributed by atoms with E-state index in [-0.39, 0.29) is 5.92 Å². The number of allylic oxidation sites excluding steroid dienone is 3. The maximum Gasteiger partial charge on any atom is 0.127 e. The Hall–Kier alpha value is -0.240. The zero-order valence-corrected chi connectivity index (χ0v) is 25.4.